The van der Waals surface area contributed by atoms with Gasteiger partial charge >= 0.3 is 5.97 Å². The molecule has 0 heterocycles. The average molecular weight is 175 g/mol. The molecule has 1 atom stereocenters. The van der Waals surface area contributed by atoms with Gasteiger partial charge in [0.1, 0.15) is 5.54 Å². The minimum atomic E-state index is -1.20. The molecule has 3 N–H and O–H groups in total. The molecule has 4 nitrogen and oxygen atoms in total. The molecule has 12 heavy (non-hydrogen) atoms. The number of carboxylic acid groups (broad SMARTS) is 1. The molecule has 0 aromatic rings. The van der Waals surface area contributed by atoms with Gasteiger partial charge in [0, 0.05) is 0 Å². The molecule has 0 amide bonds. The topological polar surface area (TPSA) is 69.6 Å². The lowest BCUT2D eigenvalue weighted by atomic mass is 10.0. The molecule has 0 aliphatic heterocycles. The van der Waals surface area contributed by atoms with Crippen molar-refractivity contribution in [2.75, 3.05) is 13.2 Å². The van der Waals surface area contributed by atoms with Gasteiger partial charge < -0.3 is 10.2 Å². The quantitative estimate of drug-likeness (QED) is 0.553. The lowest BCUT2D eigenvalue weighted by molar-refractivity contribution is -0.145. The molecule has 4 heteroatoms. The summed E-state index contributed by atoms with van der Waals surface area (Å²) < 4.78 is 0. The predicted octanol–water partition coefficient (Wildman–Crippen LogP) is 0.0676. The first-order chi connectivity index (χ1) is 5.42. The highest BCUT2D eigenvalue weighted by Crippen LogP contribution is 2.03. The van der Waals surface area contributed by atoms with Gasteiger partial charge in [-0.25, -0.2) is 0 Å². The number of nitrogens with one attached hydrogen (secondary N) is 1. The number of hydrogen-bond acceptors (Lipinski definition) is 3. The smallest absolute Gasteiger partial charge is 0.326 e. The molecular weight excluding hydrogens is 158 g/mol. The van der Waals surface area contributed by atoms with Crippen molar-refractivity contribution in [2.45, 2.75) is 26.3 Å². The molecule has 0 aromatic heterocycles. The van der Waals surface area contributed by atoms with Gasteiger partial charge in [0.2, 0.25) is 0 Å². The summed E-state index contributed by atoms with van der Waals surface area (Å²) in [5, 5.41) is 20.3. The van der Waals surface area contributed by atoms with E-state index in [0.717, 1.165) is 0 Å². The highest BCUT2D eigenvalue weighted by Gasteiger charge is 2.31. The van der Waals surface area contributed by atoms with Crippen LogP contribution >= 0.6 is 0 Å². The maximum Gasteiger partial charge on any atom is 0.326 e. The number of rotatable bonds is 5. The Morgan fingerprint density at radius 3 is 2.33 bits per heavy atom. The SMILES string of the molecule is CC(C)CN[C@@](C)(CO)C(=O)O. The summed E-state index contributed by atoms with van der Waals surface area (Å²) in [7, 11) is 0. The number of aliphatic carboxylic acids is 1. The van der Waals surface area contributed by atoms with Crippen LogP contribution in [0.15, 0.2) is 0 Å². The number of carbonyl (C=O) groups is 1. The van der Waals surface area contributed by atoms with Crippen molar-refractivity contribution < 1.29 is 15.0 Å². The second-order valence-electron chi connectivity index (χ2n) is 3.57. The molecule has 0 aromatic carbocycles. The van der Waals surface area contributed by atoms with Crippen LogP contribution in [0.25, 0.3) is 0 Å². The number of hydrogen-bond donors (Lipinski definition) is 3. The molecule has 0 saturated heterocycles. The maximum atomic E-state index is 10.6. The molecule has 0 aliphatic carbocycles. The van der Waals surface area contributed by atoms with Gasteiger partial charge in [-0.3, -0.25) is 10.1 Å². The number of aliphatic hydroxyl groups is 1. The van der Waals surface area contributed by atoms with Crippen molar-refractivity contribution in [1.29, 1.82) is 0 Å². The van der Waals surface area contributed by atoms with E-state index in [0.29, 0.717) is 12.5 Å². The Morgan fingerprint density at radius 1 is 1.58 bits per heavy atom. The Balaban J connectivity index is 4.06. The molecule has 0 rings (SSSR count). The fraction of sp³-hybridized carbons (Fsp3) is 0.875. The zero-order chi connectivity index (χ0) is 9.78. The van der Waals surface area contributed by atoms with Crippen molar-refractivity contribution in [1.82, 2.24) is 5.32 Å². The van der Waals surface area contributed by atoms with E-state index in [-0.39, 0.29) is 0 Å². The Hall–Kier alpha value is -0.610. The lowest BCUT2D eigenvalue weighted by Gasteiger charge is -2.24. The summed E-state index contributed by atoms with van der Waals surface area (Å²) in [5.74, 6) is -0.652. The zero-order valence-corrected chi connectivity index (χ0v) is 7.79. The van der Waals surface area contributed by atoms with Gasteiger partial charge in [0.05, 0.1) is 6.61 Å². The molecule has 0 unspecified atom stereocenters. The zero-order valence-electron chi connectivity index (χ0n) is 7.79. The second kappa shape index (κ2) is 4.42. The van der Waals surface area contributed by atoms with Crippen molar-refractivity contribution in [3.8, 4) is 0 Å². The monoisotopic (exact) mass is 175 g/mol. The van der Waals surface area contributed by atoms with Crippen molar-refractivity contribution in [3.63, 3.8) is 0 Å². The first-order valence-corrected chi connectivity index (χ1v) is 4.01. The van der Waals surface area contributed by atoms with Crippen LogP contribution in [0.5, 0.6) is 0 Å². The average Bonchev–Trinajstić information content (AvgIpc) is 1.99. The van der Waals surface area contributed by atoms with Crippen LogP contribution < -0.4 is 5.32 Å². The second-order valence-corrected chi connectivity index (χ2v) is 3.57. The first-order valence-electron chi connectivity index (χ1n) is 4.01. The van der Waals surface area contributed by atoms with Gasteiger partial charge in [0.15, 0.2) is 0 Å². The van der Waals surface area contributed by atoms with Crippen LogP contribution in [-0.2, 0) is 4.79 Å². The molecule has 0 bridgehead atoms. The third-order valence-corrected chi connectivity index (χ3v) is 1.69. The molecule has 0 spiro atoms. The van der Waals surface area contributed by atoms with E-state index in [1.807, 2.05) is 13.8 Å². The van der Waals surface area contributed by atoms with Crippen molar-refractivity contribution >= 4 is 5.97 Å². The minimum absolute atomic E-state index is 0.371. The number of carboxylic acids is 1. The third kappa shape index (κ3) is 3.19. The van der Waals surface area contributed by atoms with E-state index in [1.54, 1.807) is 0 Å². The fourth-order valence-corrected chi connectivity index (χ4v) is 0.629. The Bertz CT molecular complexity index is 158. The van der Waals surface area contributed by atoms with Gasteiger partial charge in [-0.2, -0.15) is 0 Å². The van der Waals surface area contributed by atoms with Gasteiger partial charge in [0.25, 0.3) is 0 Å². The number of aliphatic hydroxyl groups excluding tert-OH is 1. The normalized spacial score (nSPS) is 16.1. The molecule has 0 fully saturated rings. The standard InChI is InChI=1S/C8H17NO3/c1-6(2)4-9-8(3,5-10)7(11)12/h6,9-10H,4-5H2,1-3H3,(H,11,12)/t8-/m0/s1. The van der Waals surface area contributed by atoms with Crippen LogP contribution in [0.4, 0.5) is 0 Å². The maximum absolute atomic E-state index is 10.6. The predicted molar refractivity (Wildman–Crippen MR) is 46.0 cm³/mol. The van der Waals surface area contributed by atoms with E-state index in [9.17, 15) is 4.79 Å². The van der Waals surface area contributed by atoms with Crippen LogP contribution in [0.1, 0.15) is 20.8 Å². The summed E-state index contributed by atoms with van der Waals surface area (Å²) in [6.45, 7) is 5.62. The minimum Gasteiger partial charge on any atom is -0.480 e. The Kier molecular flexibility index (Phi) is 4.20. The van der Waals surface area contributed by atoms with E-state index < -0.39 is 18.1 Å². The molecule has 0 saturated carbocycles. The third-order valence-electron chi connectivity index (χ3n) is 1.69. The summed E-state index contributed by atoms with van der Waals surface area (Å²) >= 11 is 0. The van der Waals surface area contributed by atoms with Gasteiger partial charge in [-0.15, -0.1) is 0 Å². The fourth-order valence-electron chi connectivity index (χ4n) is 0.629. The summed E-state index contributed by atoms with van der Waals surface area (Å²) in [6, 6.07) is 0. The van der Waals surface area contributed by atoms with Crippen LogP contribution in [0.2, 0.25) is 0 Å². The largest absolute Gasteiger partial charge is 0.480 e. The van der Waals surface area contributed by atoms with Crippen LogP contribution in [0, 0.1) is 5.92 Å². The van der Waals surface area contributed by atoms with E-state index >= 15 is 0 Å². The highest BCUT2D eigenvalue weighted by atomic mass is 16.4. The molecular formula is C8H17NO3. The van der Waals surface area contributed by atoms with E-state index in [2.05, 4.69) is 5.32 Å². The molecule has 0 radical (unpaired) electrons. The Labute approximate surface area is 72.6 Å². The lowest BCUT2D eigenvalue weighted by Crippen LogP contribution is -2.53. The summed E-state index contributed by atoms with van der Waals surface area (Å²) in [4.78, 5) is 10.6. The van der Waals surface area contributed by atoms with E-state index in [1.165, 1.54) is 6.92 Å². The first kappa shape index (κ1) is 11.4. The molecule has 72 valence electrons. The van der Waals surface area contributed by atoms with Crippen molar-refractivity contribution in [3.05, 3.63) is 0 Å². The van der Waals surface area contributed by atoms with E-state index in [4.69, 9.17) is 10.2 Å². The van der Waals surface area contributed by atoms with Crippen LogP contribution in [0.3, 0.4) is 0 Å². The summed E-state index contributed by atoms with van der Waals surface area (Å²) in [5.41, 5.74) is -1.20. The van der Waals surface area contributed by atoms with Gasteiger partial charge in [-0.05, 0) is 19.4 Å². The van der Waals surface area contributed by atoms with Crippen LogP contribution in [-0.4, -0.2) is 34.9 Å². The summed E-state index contributed by atoms with van der Waals surface area (Å²) in [6.07, 6.45) is 0. The Morgan fingerprint density at radius 2 is 2.08 bits per heavy atom. The highest BCUT2D eigenvalue weighted by molar-refractivity contribution is 5.78. The van der Waals surface area contributed by atoms with Gasteiger partial charge in [-0.1, -0.05) is 13.8 Å². The molecule has 0 aliphatic rings. The van der Waals surface area contributed by atoms with Crippen molar-refractivity contribution in [2.24, 2.45) is 5.92 Å².